The molecule has 0 amide bonds. The van der Waals surface area contributed by atoms with Crippen molar-refractivity contribution in [1.29, 1.82) is 0 Å². The fraction of sp³-hybridized carbons (Fsp3) is 0.600. The average Bonchev–Trinajstić information content (AvgIpc) is 2.00. The van der Waals surface area contributed by atoms with Crippen molar-refractivity contribution in [1.82, 2.24) is 0 Å². The minimum Gasteiger partial charge on any atom is -0.121 e. The highest BCUT2D eigenvalue weighted by molar-refractivity contribution is 6.32. The Kier molecular flexibility index (Phi) is 3.73. The monoisotopic (exact) mass is 238 g/mol. The number of hydrogen-bond acceptors (Lipinski definition) is 0. The molecule has 3 heteroatoms. The van der Waals surface area contributed by atoms with E-state index in [-0.39, 0.29) is 10.3 Å². The Morgan fingerprint density at radius 2 is 2.15 bits per heavy atom. The van der Waals surface area contributed by atoms with E-state index >= 15 is 0 Å². The van der Waals surface area contributed by atoms with Gasteiger partial charge in [0.15, 0.2) is 0 Å². The van der Waals surface area contributed by atoms with Crippen molar-refractivity contribution < 1.29 is 0 Å². The molecule has 74 valence electrons. The lowest BCUT2D eigenvalue weighted by molar-refractivity contribution is 0.547. The van der Waals surface area contributed by atoms with Gasteiger partial charge < -0.3 is 0 Å². The Hall–Kier alpha value is 0.350. The first kappa shape index (κ1) is 11.4. The molecule has 0 saturated heterocycles. The van der Waals surface area contributed by atoms with E-state index in [1.807, 2.05) is 13.0 Å². The van der Waals surface area contributed by atoms with Gasteiger partial charge in [-0.3, -0.25) is 0 Å². The van der Waals surface area contributed by atoms with Gasteiger partial charge in [0.25, 0.3) is 0 Å². The molecule has 0 aliphatic heterocycles. The maximum atomic E-state index is 6.26. The van der Waals surface area contributed by atoms with Crippen molar-refractivity contribution in [3.63, 3.8) is 0 Å². The molecule has 0 aromatic carbocycles. The van der Waals surface area contributed by atoms with E-state index in [4.69, 9.17) is 34.8 Å². The smallest absolute Gasteiger partial charge is 0.0622 e. The van der Waals surface area contributed by atoms with Crippen LogP contribution in [0.1, 0.15) is 26.7 Å². The van der Waals surface area contributed by atoms with Gasteiger partial charge in [-0.05, 0) is 38.3 Å². The average molecular weight is 240 g/mol. The van der Waals surface area contributed by atoms with Crippen LogP contribution in [0.5, 0.6) is 0 Å². The standard InChI is InChI=1S/C10H13Cl3/c1-7-6-10(2,13)9(12)5-8(7)3-4-11/h3-4,9H,5-6H2,1-2H3/b4-3+/t9-,10+/m0/s1. The maximum absolute atomic E-state index is 6.26. The molecule has 0 unspecified atom stereocenters. The van der Waals surface area contributed by atoms with Crippen molar-refractivity contribution in [2.24, 2.45) is 0 Å². The largest absolute Gasteiger partial charge is 0.121 e. The van der Waals surface area contributed by atoms with E-state index in [1.54, 1.807) is 0 Å². The summed E-state index contributed by atoms with van der Waals surface area (Å²) in [5, 5.41) is -0.0132. The molecule has 2 atom stereocenters. The van der Waals surface area contributed by atoms with Crippen molar-refractivity contribution in [3.05, 3.63) is 22.8 Å². The SMILES string of the molecule is CC1=C(/C=C/Cl)C[C@H](Cl)[C@](C)(Cl)C1. The summed E-state index contributed by atoms with van der Waals surface area (Å²) in [6.07, 6.45) is 3.54. The summed E-state index contributed by atoms with van der Waals surface area (Å²) in [5.41, 5.74) is 4.03. The Morgan fingerprint density at radius 1 is 1.54 bits per heavy atom. The Morgan fingerprint density at radius 3 is 2.69 bits per heavy atom. The van der Waals surface area contributed by atoms with E-state index in [2.05, 4.69) is 6.92 Å². The third kappa shape index (κ3) is 2.65. The molecule has 1 rings (SSSR count). The molecule has 0 saturated carbocycles. The minimum atomic E-state index is -0.310. The van der Waals surface area contributed by atoms with Crippen LogP contribution in [0.25, 0.3) is 0 Å². The van der Waals surface area contributed by atoms with Gasteiger partial charge >= 0.3 is 0 Å². The van der Waals surface area contributed by atoms with E-state index < -0.39 is 0 Å². The number of alkyl halides is 2. The van der Waals surface area contributed by atoms with Gasteiger partial charge in [-0.1, -0.05) is 17.2 Å². The second kappa shape index (κ2) is 4.25. The summed E-state index contributed by atoms with van der Waals surface area (Å²) in [5.74, 6) is 0. The third-order valence-electron chi connectivity index (χ3n) is 2.48. The van der Waals surface area contributed by atoms with Gasteiger partial charge in [0.2, 0.25) is 0 Å². The first-order chi connectivity index (χ1) is 5.97. The molecular formula is C10H13Cl3. The number of allylic oxidation sites excluding steroid dienone is 3. The summed E-state index contributed by atoms with van der Waals surface area (Å²) in [4.78, 5) is -0.310. The summed E-state index contributed by atoms with van der Waals surface area (Å²) >= 11 is 17.9. The van der Waals surface area contributed by atoms with Crippen molar-refractivity contribution in [2.45, 2.75) is 36.9 Å². The molecule has 1 aliphatic rings. The fourth-order valence-corrected chi connectivity index (χ4v) is 2.28. The lowest BCUT2D eigenvalue weighted by Crippen LogP contribution is -2.33. The lowest BCUT2D eigenvalue weighted by Gasteiger charge is -2.33. The van der Waals surface area contributed by atoms with Crippen LogP contribution in [0.2, 0.25) is 0 Å². The molecule has 0 aromatic heterocycles. The van der Waals surface area contributed by atoms with Crippen LogP contribution in [0.3, 0.4) is 0 Å². The Labute approximate surface area is 94.5 Å². The van der Waals surface area contributed by atoms with Crippen LogP contribution in [-0.4, -0.2) is 10.3 Å². The second-order valence-corrected chi connectivity index (χ2v) is 5.37. The highest BCUT2D eigenvalue weighted by Crippen LogP contribution is 2.40. The molecule has 0 heterocycles. The number of halogens is 3. The van der Waals surface area contributed by atoms with E-state index in [0.717, 1.165) is 12.8 Å². The van der Waals surface area contributed by atoms with Crippen LogP contribution in [0.15, 0.2) is 22.8 Å². The predicted octanol–water partition coefficient (Wildman–Crippen LogP) is 4.45. The highest BCUT2D eigenvalue weighted by Gasteiger charge is 2.35. The molecular weight excluding hydrogens is 226 g/mol. The van der Waals surface area contributed by atoms with Crippen LogP contribution < -0.4 is 0 Å². The third-order valence-corrected chi connectivity index (χ3v) is 3.75. The molecule has 0 fully saturated rings. The second-order valence-electron chi connectivity index (χ2n) is 3.72. The topological polar surface area (TPSA) is 0 Å². The molecule has 0 aromatic rings. The first-order valence-corrected chi connectivity index (χ1v) is 5.51. The highest BCUT2D eigenvalue weighted by atomic mass is 35.5. The molecule has 0 N–H and O–H groups in total. The molecule has 0 bridgehead atoms. The Bertz CT molecular complexity index is 251. The summed E-state index contributed by atoms with van der Waals surface area (Å²) < 4.78 is 0. The van der Waals surface area contributed by atoms with E-state index in [9.17, 15) is 0 Å². The normalized spacial score (nSPS) is 35.9. The van der Waals surface area contributed by atoms with Crippen molar-refractivity contribution in [3.8, 4) is 0 Å². The van der Waals surface area contributed by atoms with Gasteiger partial charge in [0.1, 0.15) is 0 Å². The first-order valence-electron chi connectivity index (χ1n) is 4.26. The Balaban J connectivity index is 2.90. The zero-order chi connectivity index (χ0) is 10.1. The zero-order valence-electron chi connectivity index (χ0n) is 7.78. The summed E-state index contributed by atoms with van der Waals surface area (Å²) in [6.45, 7) is 4.06. The molecule has 1 aliphatic carbocycles. The van der Waals surface area contributed by atoms with Gasteiger partial charge in [0.05, 0.1) is 10.3 Å². The quantitative estimate of drug-likeness (QED) is 0.593. The predicted molar refractivity (Wildman–Crippen MR) is 60.8 cm³/mol. The van der Waals surface area contributed by atoms with Gasteiger partial charge in [-0.25, -0.2) is 0 Å². The van der Waals surface area contributed by atoms with E-state index in [0.29, 0.717) is 0 Å². The molecule has 13 heavy (non-hydrogen) atoms. The lowest BCUT2D eigenvalue weighted by atomic mass is 9.84. The van der Waals surface area contributed by atoms with Gasteiger partial charge in [-0.2, -0.15) is 0 Å². The number of hydrogen-bond donors (Lipinski definition) is 0. The maximum Gasteiger partial charge on any atom is 0.0622 e. The van der Waals surface area contributed by atoms with Crippen LogP contribution >= 0.6 is 34.8 Å². The van der Waals surface area contributed by atoms with E-state index in [1.165, 1.54) is 16.7 Å². The zero-order valence-corrected chi connectivity index (χ0v) is 10.0. The summed E-state index contributed by atoms with van der Waals surface area (Å²) in [6, 6.07) is 0. The molecule has 0 radical (unpaired) electrons. The van der Waals surface area contributed by atoms with Gasteiger partial charge in [-0.15, -0.1) is 23.2 Å². The van der Waals surface area contributed by atoms with Crippen LogP contribution in [-0.2, 0) is 0 Å². The summed E-state index contributed by atoms with van der Waals surface area (Å²) in [7, 11) is 0. The van der Waals surface area contributed by atoms with Gasteiger partial charge in [0, 0.05) is 5.54 Å². The van der Waals surface area contributed by atoms with Crippen LogP contribution in [0, 0.1) is 0 Å². The minimum absolute atomic E-state index is 0.0132. The van der Waals surface area contributed by atoms with Crippen molar-refractivity contribution >= 4 is 34.8 Å². The molecule has 0 spiro atoms. The molecule has 0 nitrogen and oxygen atoms in total. The fourth-order valence-electron chi connectivity index (χ4n) is 1.61. The number of rotatable bonds is 1. The van der Waals surface area contributed by atoms with Crippen LogP contribution in [0.4, 0.5) is 0 Å². The van der Waals surface area contributed by atoms with Crippen molar-refractivity contribution in [2.75, 3.05) is 0 Å².